The van der Waals surface area contributed by atoms with Crippen molar-refractivity contribution < 1.29 is 27.8 Å². The first-order chi connectivity index (χ1) is 7.90. The first kappa shape index (κ1) is 16.3. The molecule has 0 fully saturated rings. The van der Waals surface area contributed by atoms with E-state index in [0.29, 0.717) is 19.6 Å². The number of sulfone groups is 1. The maximum Gasteiger partial charge on any atom is 0.304 e. The SMILES string of the molecule is COCCCOCCS(=O)(=O)C(C)CC(=O)O. The van der Waals surface area contributed by atoms with Crippen LogP contribution in [0.3, 0.4) is 0 Å². The third-order valence-electron chi connectivity index (χ3n) is 2.22. The van der Waals surface area contributed by atoms with Gasteiger partial charge in [-0.05, 0) is 13.3 Å². The number of aliphatic carboxylic acids is 1. The second kappa shape index (κ2) is 8.43. The Morgan fingerprint density at radius 1 is 1.29 bits per heavy atom. The molecule has 0 heterocycles. The number of carboxylic acid groups (broad SMARTS) is 1. The predicted octanol–water partition coefficient (Wildman–Crippen LogP) is 0.318. The van der Waals surface area contributed by atoms with Gasteiger partial charge in [-0.25, -0.2) is 8.42 Å². The average molecular weight is 268 g/mol. The normalized spacial score (nSPS) is 13.5. The summed E-state index contributed by atoms with van der Waals surface area (Å²) in [7, 11) is -1.80. The van der Waals surface area contributed by atoms with E-state index >= 15 is 0 Å². The number of hydrogen-bond acceptors (Lipinski definition) is 5. The summed E-state index contributed by atoms with van der Waals surface area (Å²) in [6.45, 7) is 2.50. The van der Waals surface area contributed by atoms with Crippen LogP contribution in [0.2, 0.25) is 0 Å². The fourth-order valence-electron chi connectivity index (χ4n) is 1.16. The van der Waals surface area contributed by atoms with E-state index in [-0.39, 0.29) is 18.8 Å². The zero-order chi connectivity index (χ0) is 13.3. The Morgan fingerprint density at radius 2 is 1.94 bits per heavy atom. The number of rotatable bonds is 10. The number of ether oxygens (including phenoxy) is 2. The van der Waals surface area contributed by atoms with Crippen molar-refractivity contribution in [2.75, 3.05) is 32.7 Å². The summed E-state index contributed by atoms with van der Waals surface area (Å²) in [6.07, 6.45) is 0.341. The molecule has 0 saturated heterocycles. The molecule has 17 heavy (non-hydrogen) atoms. The van der Waals surface area contributed by atoms with Crippen molar-refractivity contribution in [2.24, 2.45) is 0 Å². The third-order valence-corrected chi connectivity index (χ3v) is 4.35. The van der Waals surface area contributed by atoms with Crippen LogP contribution in [-0.4, -0.2) is 57.4 Å². The zero-order valence-electron chi connectivity index (χ0n) is 10.2. The van der Waals surface area contributed by atoms with E-state index in [2.05, 4.69) is 0 Å². The highest BCUT2D eigenvalue weighted by Gasteiger charge is 2.22. The van der Waals surface area contributed by atoms with Gasteiger partial charge >= 0.3 is 5.97 Å². The molecule has 0 aromatic carbocycles. The van der Waals surface area contributed by atoms with Gasteiger partial charge in [-0.2, -0.15) is 0 Å². The molecule has 1 N–H and O–H groups in total. The highest BCUT2D eigenvalue weighted by Crippen LogP contribution is 2.06. The molecule has 0 aromatic rings. The Labute approximate surface area is 102 Å². The van der Waals surface area contributed by atoms with Crippen molar-refractivity contribution in [1.82, 2.24) is 0 Å². The van der Waals surface area contributed by atoms with Gasteiger partial charge in [0.1, 0.15) is 0 Å². The molecule has 6 nitrogen and oxygen atoms in total. The van der Waals surface area contributed by atoms with E-state index in [9.17, 15) is 13.2 Å². The van der Waals surface area contributed by atoms with E-state index < -0.39 is 21.1 Å². The maximum absolute atomic E-state index is 11.6. The van der Waals surface area contributed by atoms with Crippen LogP contribution in [0.15, 0.2) is 0 Å². The van der Waals surface area contributed by atoms with Gasteiger partial charge < -0.3 is 14.6 Å². The molecule has 0 saturated carbocycles. The first-order valence-electron chi connectivity index (χ1n) is 5.40. The Kier molecular flexibility index (Phi) is 8.11. The predicted molar refractivity (Wildman–Crippen MR) is 62.8 cm³/mol. The van der Waals surface area contributed by atoms with E-state index in [1.165, 1.54) is 6.92 Å². The molecule has 1 atom stereocenters. The van der Waals surface area contributed by atoms with Crippen LogP contribution in [0.4, 0.5) is 0 Å². The number of carbonyl (C=O) groups is 1. The summed E-state index contributed by atoms with van der Waals surface area (Å²) >= 11 is 0. The third kappa shape index (κ3) is 8.12. The molecule has 0 aromatic heterocycles. The van der Waals surface area contributed by atoms with Crippen molar-refractivity contribution in [2.45, 2.75) is 25.0 Å². The molecule has 0 rings (SSSR count). The van der Waals surface area contributed by atoms with Gasteiger partial charge in [-0.15, -0.1) is 0 Å². The lowest BCUT2D eigenvalue weighted by Gasteiger charge is -2.10. The molecule has 0 bridgehead atoms. The molecule has 7 heteroatoms. The fourth-order valence-corrected chi connectivity index (χ4v) is 2.31. The number of hydrogen-bond donors (Lipinski definition) is 1. The minimum atomic E-state index is -3.39. The molecule has 0 aliphatic rings. The summed E-state index contributed by atoms with van der Waals surface area (Å²) < 4.78 is 33.1. The molecule has 0 radical (unpaired) electrons. The van der Waals surface area contributed by atoms with Crippen LogP contribution in [-0.2, 0) is 24.1 Å². The summed E-state index contributed by atoms with van der Waals surface area (Å²) in [6, 6.07) is 0. The Bertz CT molecular complexity index is 311. The number of methoxy groups -OCH3 is 1. The molecule has 1 unspecified atom stereocenters. The van der Waals surface area contributed by atoms with Crippen molar-refractivity contribution in [3.05, 3.63) is 0 Å². The molecular formula is C10H20O6S. The molecule has 0 spiro atoms. The lowest BCUT2D eigenvalue weighted by atomic mass is 10.3. The van der Waals surface area contributed by atoms with E-state index in [4.69, 9.17) is 14.6 Å². The van der Waals surface area contributed by atoms with E-state index in [0.717, 1.165) is 0 Å². The smallest absolute Gasteiger partial charge is 0.304 e. The lowest BCUT2D eigenvalue weighted by Crippen LogP contribution is -2.26. The average Bonchev–Trinajstić information content (AvgIpc) is 2.22. The largest absolute Gasteiger partial charge is 0.481 e. The first-order valence-corrected chi connectivity index (χ1v) is 7.11. The van der Waals surface area contributed by atoms with Gasteiger partial charge in [0.2, 0.25) is 0 Å². The van der Waals surface area contributed by atoms with Gasteiger partial charge in [-0.1, -0.05) is 0 Å². The number of carboxylic acids is 1. The maximum atomic E-state index is 11.6. The van der Waals surface area contributed by atoms with E-state index in [1.54, 1.807) is 7.11 Å². The Hall–Kier alpha value is -0.660. The second-order valence-corrected chi connectivity index (χ2v) is 6.27. The summed E-state index contributed by atoms with van der Waals surface area (Å²) in [5, 5.41) is 7.63. The summed E-state index contributed by atoms with van der Waals surface area (Å²) in [4.78, 5) is 10.4. The minimum Gasteiger partial charge on any atom is -0.481 e. The minimum absolute atomic E-state index is 0.0933. The van der Waals surface area contributed by atoms with E-state index in [1.807, 2.05) is 0 Å². The standard InChI is InChI=1S/C10H20O6S/c1-9(8-10(11)12)17(13,14)7-6-16-5-3-4-15-2/h9H,3-8H2,1-2H3,(H,11,12). The second-order valence-electron chi connectivity index (χ2n) is 3.73. The van der Waals surface area contributed by atoms with Crippen molar-refractivity contribution in [3.8, 4) is 0 Å². The van der Waals surface area contributed by atoms with Gasteiger partial charge in [-0.3, -0.25) is 4.79 Å². The van der Waals surface area contributed by atoms with Gasteiger partial charge in [0.15, 0.2) is 9.84 Å². The van der Waals surface area contributed by atoms with Crippen LogP contribution < -0.4 is 0 Å². The van der Waals surface area contributed by atoms with Crippen LogP contribution >= 0.6 is 0 Å². The topological polar surface area (TPSA) is 89.9 Å². The van der Waals surface area contributed by atoms with Crippen LogP contribution in [0.1, 0.15) is 19.8 Å². The van der Waals surface area contributed by atoms with Crippen LogP contribution in [0.5, 0.6) is 0 Å². The molecule has 0 aliphatic heterocycles. The highest BCUT2D eigenvalue weighted by atomic mass is 32.2. The Morgan fingerprint density at radius 3 is 2.47 bits per heavy atom. The fraction of sp³-hybridized carbons (Fsp3) is 0.900. The van der Waals surface area contributed by atoms with Gasteiger partial charge in [0.25, 0.3) is 0 Å². The summed E-state index contributed by atoms with van der Waals surface area (Å²) in [5.74, 6) is -1.25. The quantitative estimate of drug-likeness (QED) is 0.574. The lowest BCUT2D eigenvalue weighted by molar-refractivity contribution is -0.136. The highest BCUT2D eigenvalue weighted by molar-refractivity contribution is 7.92. The monoisotopic (exact) mass is 268 g/mol. The summed E-state index contributed by atoms with van der Waals surface area (Å²) in [5.41, 5.74) is 0. The van der Waals surface area contributed by atoms with Crippen LogP contribution in [0.25, 0.3) is 0 Å². The van der Waals surface area contributed by atoms with Crippen LogP contribution in [0, 0.1) is 0 Å². The zero-order valence-corrected chi connectivity index (χ0v) is 11.0. The molecular weight excluding hydrogens is 248 g/mol. The van der Waals surface area contributed by atoms with Crippen molar-refractivity contribution >= 4 is 15.8 Å². The Balaban J connectivity index is 3.82. The van der Waals surface area contributed by atoms with Gasteiger partial charge in [0.05, 0.1) is 24.0 Å². The molecule has 0 aliphatic carbocycles. The molecule has 0 amide bonds. The molecule has 102 valence electrons. The van der Waals surface area contributed by atoms with Gasteiger partial charge in [0, 0.05) is 20.3 Å². The van der Waals surface area contributed by atoms with Crippen molar-refractivity contribution in [1.29, 1.82) is 0 Å². The van der Waals surface area contributed by atoms with Crippen molar-refractivity contribution in [3.63, 3.8) is 0 Å².